The number of rotatable bonds is 3. The molecular formula is C22H14Cl2I2N2O6. The third-order valence-corrected chi connectivity index (χ3v) is 7.62. The number of pyridine rings is 2. The average molecular weight is 727 g/mol. The summed E-state index contributed by atoms with van der Waals surface area (Å²) in [6, 6.07) is 6.49. The van der Waals surface area contributed by atoms with E-state index in [0.29, 0.717) is 35.4 Å². The van der Waals surface area contributed by atoms with E-state index in [1.807, 2.05) is 45.2 Å². The number of carbonyl (C=O) groups is 2. The first-order chi connectivity index (χ1) is 16.0. The second kappa shape index (κ2) is 11.1. The molecule has 0 atom stereocenters. The van der Waals surface area contributed by atoms with Crippen molar-refractivity contribution in [3.63, 3.8) is 0 Å². The van der Waals surface area contributed by atoms with Crippen LogP contribution in [0.1, 0.15) is 27.6 Å². The first-order valence-corrected chi connectivity index (χ1v) is 12.4. The molecule has 176 valence electrons. The highest BCUT2D eigenvalue weighted by Crippen LogP contribution is 2.23. The fourth-order valence-corrected chi connectivity index (χ4v) is 4.21. The highest BCUT2D eigenvalue weighted by atomic mass is 127. The van der Waals surface area contributed by atoms with E-state index < -0.39 is 17.4 Å². The minimum Gasteiger partial charge on any atom is -0.477 e. The molecule has 0 aliphatic carbocycles. The zero-order valence-electron chi connectivity index (χ0n) is 17.2. The lowest BCUT2D eigenvalue weighted by Crippen LogP contribution is -2.18. The minimum atomic E-state index is -1.24. The first-order valence-electron chi connectivity index (χ1n) is 9.46. The number of fused-ring (bicyclic) bond motifs is 2. The summed E-state index contributed by atoms with van der Waals surface area (Å²) in [6.45, 7) is 1.92. The van der Waals surface area contributed by atoms with E-state index in [4.69, 9.17) is 33.0 Å². The van der Waals surface area contributed by atoms with Crippen LogP contribution in [0.2, 0.25) is 10.0 Å². The summed E-state index contributed by atoms with van der Waals surface area (Å²) in [6.07, 6.45) is 2.53. The molecule has 0 fully saturated rings. The smallest absolute Gasteiger partial charge is 0.343 e. The van der Waals surface area contributed by atoms with Gasteiger partial charge in [0.2, 0.25) is 10.9 Å². The van der Waals surface area contributed by atoms with Gasteiger partial charge in [0.15, 0.2) is 0 Å². The predicted octanol–water partition coefficient (Wildman–Crippen LogP) is 5.45. The molecule has 34 heavy (non-hydrogen) atoms. The van der Waals surface area contributed by atoms with Crippen LogP contribution in [0.3, 0.4) is 0 Å². The van der Waals surface area contributed by atoms with Crippen molar-refractivity contribution in [2.75, 3.05) is 6.61 Å². The van der Waals surface area contributed by atoms with Gasteiger partial charge in [-0.25, -0.2) is 9.59 Å². The molecule has 12 heteroatoms. The van der Waals surface area contributed by atoms with Gasteiger partial charge in [-0.3, -0.25) is 9.59 Å². The Balaban J connectivity index is 0.000000192. The minimum absolute atomic E-state index is 0.00229. The number of aromatic nitrogens is 2. The number of aromatic amines is 2. The number of hydrogen-bond donors (Lipinski definition) is 3. The molecule has 0 bridgehead atoms. The van der Waals surface area contributed by atoms with Gasteiger partial charge in [0, 0.05) is 30.3 Å². The van der Waals surface area contributed by atoms with E-state index >= 15 is 0 Å². The molecule has 2 heterocycles. The number of H-pyrrole nitrogens is 2. The van der Waals surface area contributed by atoms with Gasteiger partial charge >= 0.3 is 11.9 Å². The van der Waals surface area contributed by atoms with Gasteiger partial charge in [0.25, 0.3) is 0 Å². The zero-order valence-corrected chi connectivity index (χ0v) is 23.0. The SMILES string of the molecule is CCOC(=O)c1c[nH]c2cc(Cl)c(I)cc2c1=O.O=C(O)c1c[nH]c2cc(Cl)c(I)cc2c1=O. The highest BCUT2D eigenvalue weighted by Gasteiger charge is 2.15. The topological polar surface area (TPSA) is 129 Å². The molecule has 0 saturated heterocycles. The van der Waals surface area contributed by atoms with Gasteiger partial charge in [0.1, 0.15) is 11.1 Å². The number of benzene rings is 2. The molecule has 4 rings (SSSR count). The molecule has 2 aromatic carbocycles. The lowest BCUT2D eigenvalue weighted by atomic mass is 10.1. The molecule has 0 spiro atoms. The lowest BCUT2D eigenvalue weighted by Gasteiger charge is -2.04. The van der Waals surface area contributed by atoms with Crippen LogP contribution >= 0.6 is 68.4 Å². The van der Waals surface area contributed by atoms with Crippen molar-refractivity contribution in [1.82, 2.24) is 9.97 Å². The van der Waals surface area contributed by atoms with E-state index in [-0.39, 0.29) is 23.2 Å². The fourth-order valence-electron chi connectivity index (χ4n) is 2.95. The van der Waals surface area contributed by atoms with Gasteiger partial charge < -0.3 is 19.8 Å². The van der Waals surface area contributed by atoms with E-state index in [1.165, 1.54) is 12.4 Å². The van der Waals surface area contributed by atoms with Crippen molar-refractivity contribution < 1.29 is 19.4 Å². The second-order valence-corrected chi connectivity index (χ2v) is 9.85. The van der Waals surface area contributed by atoms with Crippen molar-refractivity contribution in [2.24, 2.45) is 0 Å². The fraction of sp³-hybridized carbons (Fsp3) is 0.0909. The summed E-state index contributed by atoms with van der Waals surface area (Å²) in [4.78, 5) is 51.9. The number of hydrogen-bond acceptors (Lipinski definition) is 5. The summed E-state index contributed by atoms with van der Waals surface area (Å²) >= 11 is 15.9. The van der Waals surface area contributed by atoms with Crippen molar-refractivity contribution in [3.05, 3.63) is 85.4 Å². The Labute approximate surface area is 228 Å². The Morgan fingerprint density at radius 3 is 1.76 bits per heavy atom. The normalized spacial score (nSPS) is 10.6. The largest absolute Gasteiger partial charge is 0.477 e. The molecule has 0 saturated carbocycles. The maximum Gasteiger partial charge on any atom is 0.343 e. The molecule has 0 unspecified atom stereocenters. The van der Waals surface area contributed by atoms with Gasteiger partial charge in [-0.1, -0.05) is 23.2 Å². The predicted molar refractivity (Wildman–Crippen MR) is 148 cm³/mol. The van der Waals surface area contributed by atoms with Crippen molar-refractivity contribution in [1.29, 1.82) is 0 Å². The van der Waals surface area contributed by atoms with Crippen LogP contribution in [-0.4, -0.2) is 33.6 Å². The molecular weight excluding hydrogens is 713 g/mol. The zero-order chi connectivity index (χ0) is 25.2. The maximum absolute atomic E-state index is 12.1. The average Bonchev–Trinajstić information content (AvgIpc) is 2.77. The molecule has 3 N–H and O–H groups in total. The summed E-state index contributed by atoms with van der Waals surface area (Å²) in [5, 5.41) is 10.6. The van der Waals surface area contributed by atoms with E-state index in [0.717, 1.165) is 3.57 Å². The van der Waals surface area contributed by atoms with Gasteiger partial charge in [0.05, 0.1) is 27.7 Å². The van der Waals surface area contributed by atoms with Crippen LogP contribution in [0.25, 0.3) is 21.8 Å². The molecule has 0 aliphatic heterocycles. The van der Waals surface area contributed by atoms with Gasteiger partial charge in [-0.05, 0) is 76.4 Å². The number of halogens is 4. The monoisotopic (exact) mass is 726 g/mol. The Bertz CT molecular complexity index is 1570. The first kappa shape index (κ1) is 26.4. The Hall–Kier alpha value is -2.16. The van der Waals surface area contributed by atoms with Crippen LogP contribution < -0.4 is 10.9 Å². The van der Waals surface area contributed by atoms with Gasteiger partial charge in [-0.2, -0.15) is 0 Å². The summed E-state index contributed by atoms with van der Waals surface area (Å²) in [5.74, 6) is -1.86. The Kier molecular flexibility index (Phi) is 8.60. The number of carbonyl (C=O) groups excluding carboxylic acids is 1. The second-order valence-electron chi connectivity index (χ2n) is 6.71. The van der Waals surface area contributed by atoms with Crippen molar-refractivity contribution in [2.45, 2.75) is 6.92 Å². The Morgan fingerprint density at radius 2 is 1.32 bits per heavy atom. The molecule has 4 aromatic rings. The third-order valence-electron chi connectivity index (χ3n) is 4.57. The molecule has 0 radical (unpaired) electrons. The van der Waals surface area contributed by atoms with Crippen LogP contribution in [0.4, 0.5) is 0 Å². The number of ether oxygens (including phenoxy) is 1. The molecule has 2 aromatic heterocycles. The number of carboxylic acid groups (broad SMARTS) is 1. The molecule has 0 amide bonds. The summed E-state index contributed by atoms with van der Waals surface area (Å²) in [7, 11) is 0. The van der Waals surface area contributed by atoms with Crippen LogP contribution in [0.15, 0.2) is 46.2 Å². The van der Waals surface area contributed by atoms with E-state index in [1.54, 1.807) is 31.2 Å². The summed E-state index contributed by atoms with van der Waals surface area (Å²) in [5.41, 5.74) is -0.000379. The van der Waals surface area contributed by atoms with Crippen molar-refractivity contribution in [3.8, 4) is 0 Å². The van der Waals surface area contributed by atoms with E-state index in [9.17, 15) is 19.2 Å². The van der Waals surface area contributed by atoms with Crippen LogP contribution in [0, 0.1) is 7.14 Å². The quantitative estimate of drug-likeness (QED) is 0.190. The molecule has 8 nitrogen and oxygen atoms in total. The standard InChI is InChI=1S/C12H9ClINO3.C10H5ClINO3/c1-2-18-12(17)7-5-15-10-4-8(13)9(14)3-6(10)11(7)16;11-6-2-8-4(1-7(6)12)9(14)5(3-13-8)10(15)16/h3-5H,2H2,1H3,(H,15,16);1-3H,(H,13,14)(H,15,16). The number of nitrogens with one attached hydrogen (secondary N) is 2. The number of aromatic carboxylic acids is 1. The van der Waals surface area contributed by atoms with Crippen molar-refractivity contribution >= 4 is 102 Å². The maximum atomic E-state index is 12.1. The number of esters is 1. The van der Waals surface area contributed by atoms with Gasteiger partial charge in [-0.15, -0.1) is 0 Å². The highest BCUT2D eigenvalue weighted by molar-refractivity contribution is 14.1. The third kappa shape index (κ3) is 5.56. The summed E-state index contributed by atoms with van der Waals surface area (Å²) < 4.78 is 6.29. The van der Waals surface area contributed by atoms with E-state index in [2.05, 4.69) is 9.97 Å². The lowest BCUT2D eigenvalue weighted by molar-refractivity contribution is 0.0524. The Morgan fingerprint density at radius 1 is 0.882 bits per heavy atom. The number of carboxylic acids is 1. The van der Waals surface area contributed by atoms with Crippen LogP contribution in [0.5, 0.6) is 0 Å². The van der Waals surface area contributed by atoms with Crippen LogP contribution in [-0.2, 0) is 4.74 Å². The molecule has 0 aliphatic rings.